The van der Waals surface area contributed by atoms with Gasteiger partial charge in [0, 0.05) is 16.7 Å². The van der Waals surface area contributed by atoms with Gasteiger partial charge in [0.1, 0.15) is 10.9 Å². The quantitative estimate of drug-likeness (QED) is 0.579. The molecule has 0 atom stereocenters. The molecule has 2 heterocycles. The van der Waals surface area contributed by atoms with Gasteiger partial charge in [0.2, 0.25) is 0 Å². The number of nitriles is 1. The van der Waals surface area contributed by atoms with E-state index in [9.17, 15) is 10.1 Å². The number of hydrogen-bond donors (Lipinski definition) is 1. The summed E-state index contributed by atoms with van der Waals surface area (Å²) < 4.78 is 6.91. The molecule has 8 nitrogen and oxygen atoms in total. The molecule has 2 aromatic heterocycles. The van der Waals surface area contributed by atoms with Crippen molar-refractivity contribution in [3.8, 4) is 6.07 Å². The molecule has 9 heteroatoms. The number of aromatic nitrogens is 3. The Balaban J connectivity index is 2.06. The minimum atomic E-state index is -0.877. The Labute approximate surface area is 178 Å². The van der Waals surface area contributed by atoms with Crippen LogP contribution in [0.5, 0.6) is 0 Å². The van der Waals surface area contributed by atoms with Gasteiger partial charge in [0.05, 0.1) is 30.6 Å². The number of pyridine rings is 1. The van der Waals surface area contributed by atoms with Crippen LogP contribution in [0.3, 0.4) is 0 Å². The Morgan fingerprint density at radius 1 is 1.40 bits per heavy atom. The zero-order chi connectivity index (χ0) is 21.5. The number of benzene rings is 1. The first-order valence-electron chi connectivity index (χ1n) is 9.05. The second kappa shape index (κ2) is 9.59. The van der Waals surface area contributed by atoms with Crippen molar-refractivity contribution in [2.75, 3.05) is 0 Å². The Kier molecular flexibility index (Phi) is 6.68. The summed E-state index contributed by atoms with van der Waals surface area (Å²) in [6, 6.07) is 12.7. The number of nitrogens with two attached hydrogens (primary N) is 1. The molecule has 0 saturated heterocycles. The zero-order valence-electron chi connectivity index (χ0n) is 16.2. The summed E-state index contributed by atoms with van der Waals surface area (Å²) in [5, 5.41) is 10.1. The van der Waals surface area contributed by atoms with Crippen molar-refractivity contribution in [1.82, 2.24) is 14.5 Å². The van der Waals surface area contributed by atoms with Crippen LogP contribution >= 0.6 is 11.8 Å². The van der Waals surface area contributed by atoms with Gasteiger partial charge < -0.3 is 15.0 Å². The normalized spacial score (nSPS) is 10.2. The first-order chi connectivity index (χ1) is 14.5. The van der Waals surface area contributed by atoms with E-state index in [0.29, 0.717) is 30.0 Å². The molecule has 0 aliphatic heterocycles. The third kappa shape index (κ3) is 4.96. The number of carbonyl (C=O) groups excluding carboxylic acids is 1. The molecule has 0 bridgehead atoms. The van der Waals surface area contributed by atoms with E-state index >= 15 is 0 Å². The number of aryl methyl sites for hydroxylation is 1. The van der Waals surface area contributed by atoms with Crippen molar-refractivity contribution in [1.29, 1.82) is 5.26 Å². The Morgan fingerprint density at radius 3 is 2.87 bits per heavy atom. The molecule has 150 valence electrons. The lowest BCUT2D eigenvalue weighted by Gasteiger charge is -2.12. The maximum absolute atomic E-state index is 11.1. The number of hydrogen-bond acceptors (Lipinski definition) is 6. The van der Waals surface area contributed by atoms with Crippen LogP contribution in [0.2, 0.25) is 0 Å². The van der Waals surface area contributed by atoms with Gasteiger partial charge in [-0.1, -0.05) is 24.8 Å². The van der Waals surface area contributed by atoms with Gasteiger partial charge >= 0.3 is 6.09 Å². The van der Waals surface area contributed by atoms with E-state index in [2.05, 4.69) is 20.9 Å². The number of primary amides is 1. The molecule has 0 aliphatic carbocycles. The van der Waals surface area contributed by atoms with Crippen LogP contribution in [0.15, 0.2) is 52.5 Å². The summed E-state index contributed by atoms with van der Waals surface area (Å²) in [6.07, 6.45) is 1.48. The van der Waals surface area contributed by atoms with Crippen molar-refractivity contribution in [2.45, 2.75) is 36.4 Å². The van der Waals surface area contributed by atoms with E-state index in [0.717, 1.165) is 21.3 Å². The van der Waals surface area contributed by atoms with E-state index in [1.165, 1.54) is 11.8 Å². The lowest BCUT2D eigenvalue weighted by molar-refractivity contribution is 0.145. The lowest BCUT2D eigenvalue weighted by atomic mass is 10.2. The monoisotopic (exact) mass is 418 g/mol. The fourth-order valence-electron chi connectivity index (χ4n) is 2.83. The van der Waals surface area contributed by atoms with Gasteiger partial charge in [-0.25, -0.2) is 14.6 Å². The second-order valence-corrected chi connectivity index (χ2v) is 7.25. The van der Waals surface area contributed by atoms with Gasteiger partial charge in [0.25, 0.3) is 0 Å². The Morgan fingerprint density at radius 2 is 2.23 bits per heavy atom. The van der Waals surface area contributed by atoms with Crippen molar-refractivity contribution in [3.05, 3.63) is 76.8 Å². The zero-order valence-corrected chi connectivity index (χ0v) is 17.0. The molecule has 3 rings (SSSR count). The minimum Gasteiger partial charge on any atom is -0.442 e. The molecule has 2 N–H and O–H groups in total. The summed E-state index contributed by atoms with van der Waals surface area (Å²) in [7, 11) is 0. The van der Waals surface area contributed by atoms with Crippen LogP contribution in [0.4, 0.5) is 10.5 Å². The van der Waals surface area contributed by atoms with E-state index in [-0.39, 0.29) is 6.61 Å². The molecule has 0 saturated carbocycles. The third-order valence-corrected chi connectivity index (χ3v) is 5.28. The van der Waals surface area contributed by atoms with Gasteiger partial charge in [-0.3, -0.25) is 4.98 Å². The highest BCUT2D eigenvalue weighted by Gasteiger charge is 2.19. The van der Waals surface area contributed by atoms with Crippen molar-refractivity contribution >= 4 is 23.5 Å². The maximum atomic E-state index is 11.1. The standard InChI is InChI=1S/C21H18N6O2S/c1-3-18-20(30-17-9-14(11-22)8-16(10-17)24-2)27(12-15-6-4-5-7-25-15)19(26-18)13-29-21(23)28/h4-10H,3,12-13H2,1H3,(H2,23,28). The van der Waals surface area contributed by atoms with E-state index in [1.54, 1.807) is 24.4 Å². The SMILES string of the molecule is [C-]#[N+]c1cc(C#N)cc(Sc2c(CC)nc(COC(N)=O)n2Cc2ccccn2)c1. The first-order valence-corrected chi connectivity index (χ1v) is 9.86. The maximum Gasteiger partial charge on any atom is 0.404 e. The van der Waals surface area contributed by atoms with Crippen LogP contribution in [-0.4, -0.2) is 20.6 Å². The van der Waals surface area contributed by atoms with Gasteiger partial charge in [-0.15, -0.1) is 0 Å². The largest absolute Gasteiger partial charge is 0.442 e. The van der Waals surface area contributed by atoms with Crippen molar-refractivity contribution < 1.29 is 9.53 Å². The second-order valence-electron chi connectivity index (χ2n) is 6.19. The fourth-order valence-corrected chi connectivity index (χ4v) is 4.00. The predicted molar refractivity (Wildman–Crippen MR) is 111 cm³/mol. The summed E-state index contributed by atoms with van der Waals surface area (Å²) in [5.74, 6) is 0.542. The summed E-state index contributed by atoms with van der Waals surface area (Å²) >= 11 is 1.41. The first kappa shape index (κ1) is 20.9. The van der Waals surface area contributed by atoms with Crippen LogP contribution < -0.4 is 5.73 Å². The smallest absolute Gasteiger partial charge is 0.404 e. The van der Waals surface area contributed by atoms with Gasteiger partial charge in [-0.05, 0) is 36.8 Å². The van der Waals surface area contributed by atoms with Crippen molar-refractivity contribution in [3.63, 3.8) is 0 Å². The summed E-state index contributed by atoms with van der Waals surface area (Å²) in [6.45, 7) is 9.61. The average Bonchev–Trinajstić information content (AvgIpc) is 3.08. The molecular weight excluding hydrogens is 400 g/mol. The van der Waals surface area contributed by atoms with E-state index in [4.69, 9.17) is 17.0 Å². The molecule has 3 aromatic rings. The molecule has 0 aliphatic rings. The van der Waals surface area contributed by atoms with Crippen LogP contribution in [0, 0.1) is 17.9 Å². The van der Waals surface area contributed by atoms with E-state index < -0.39 is 6.09 Å². The molecule has 0 fully saturated rings. The Bertz CT molecular complexity index is 1110. The molecule has 1 aromatic carbocycles. The van der Waals surface area contributed by atoms with Crippen LogP contribution in [0.25, 0.3) is 4.85 Å². The fraction of sp³-hybridized carbons (Fsp3) is 0.190. The molecular formula is C21H18N6O2S. The van der Waals surface area contributed by atoms with Gasteiger partial charge in [0.15, 0.2) is 12.3 Å². The number of nitrogens with zero attached hydrogens (tertiary/aromatic N) is 5. The predicted octanol–water partition coefficient (Wildman–Crippen LogP) is 4.06. The van der Waals surface area contributed by atoms with Gasteiger partial charge in [-0.2, -0.15) is 5.26 Å². The number of rotatable bonds is 7. The van der Waals surface area contributed by atoms with Crippen LogP contribution in [0.1, 0.15) is 29.7 Å². The van der Waals surface area contributed by atoms with Crippen molar-refractivity contribution in [2.24, 2.45) is 5.73 Å². The molecule has 0 spiro atoms. The highest BCUT2D eigenvalue weighted by Crippen LogP contribution is 2.35. The lowest BCUT2D eigenvalue weighted by Crippen LogP contribution is -2.16. The summed E-state index contributed by atoms with van der Waals surface area (Å²) in [4.78, 5) is 24.3. The Hall–Kier alpha value is -3.82. The number of imidazole rings is 1. The number of ether oxygens (including phenoxy) is 1. The van der Waals surface area contributed by atoms with Crippen LogP contribution in [-0.2, 0) is 24.3 Å². The molecule has 0 unspecified atom stereocenters. The highest BCUT2D eigenvalue weighted by molar-refractivity contribution is 7.99. The molecule has 30 heavy (non-hydrogen) atoms. The number of amides is 1. The van der Waals surface area contributed by atoms with E-state index in [1.807, 2.05) is 29.7 Å². The minimum absolute atomic E-state index is 0.0682. The highest BCUT2D eigenvalue weighted by atomic mass is 32.2. The molecule has 0 radical (unpaired) electrons. The number of carbonyl (C=O) groups is 1. The third-order valence-electron chi connectivity index (χ3n) is 4.16. The average molecular weight is 418 g/mol. The summed E-state index contributed by atoms with van der Waals surface area (Å²) in [5.41, 5.74) is 7.56. The molecule has 1 amide bonds. The topological polar surface area (TPSA) is 111 Å².